The van der Waals surface area contributed by atoms with Gasteiger partial charge in [-0.2, -0.15) is 0 Å². The number of carbonyl (C=O) groups excluding carboxylic acids is 1. The zero-order valence-electron chi connectivity index (χ0n) is 9.82. The summed E-state index contributed by atoms with van der Waals surface area (Å²) >= 11 is 0. The summed E-state index contributed by atoms with van der Waals surface area (Å²) in [5, 5.41) is 4.01. The summed E-state index contributed by atoms with van der Waals surface area (Å²) in [5.74, 6) is 0. The van der Waals surface area contributed by atoms with Gasteiger partial charge in [-0.15, -0.1) is 0 Å². The van der Waals surface area contributed by atoms with Crippen LogP contribution in [0.3, 0.4) is 0 Å². The first-order chi connectivity index (χ1) is 7.47. The van der Waals surface area contributed by atoms with Crippen molar-refractivity contribution >= 4 is 16.9 Å². The van der Waals surface area contributed by atoms with Crippen LogP contribution in [-0.2, 0) is 0 Å². The van der Waals surface area contributed by atoms with Crippen LogP contribution in [-0.4, -0.2) is 16.1 Å². The van der Waals surface area contributed by atoms with E-state index in [1.807, 2.05) is 51.1 Å². The van der Waals surface area contributed by atoms with Crippen LogP contribution < -0.4 is 5.32 Å². The first-order valence-corrected chi connectivity index (χ1v) is 5.36. The van der Waals surface area contributed by atoms with Gasteiger partial charge in [0, 0.05) is 17.1 Å². The third-order valence-corrected chi connectivity index (χ3v) is 2.30. The van der Waals surface area contributed by atoms with Crippen molar-refractivity contribution in [3.8, 4) is 0 Å². The summed E-state index contributed by atoms with van der Waals surface area (Å²) in [4.78, 5) is 12.0. The molecule has 1 heterocycles. The van der Waals surface area contributed by atoms with Crippen molar-refractivity contribution in [3.63, 3.8) is 0 Å². The van der Waals surface area contributed by atoms with Crippen molar-refractivity contribution in [2.45, 2.75) is 26.3 Å². The molecule has 2 rings (SSSR count). The van der Waals surface area contributed by atoms with Crippen molar-refractivity contribution < 1.29 is 4.79 Å². The molecule has 0 radical (unpaired) electrons. The lowest BCUT2D eigenvalue weighted by Gasteiger charge is -2.20. The van der Waals surface area contributed by atoms with Crippen LogP contribution in [0.1, 0.15) is 20.8 Å². The van der Waals surface area contributed by atoms with E-state index in [2.05, 4.69) is 5.32 Å². The summed E-state index contributed by atoms with van der Waals surface area (Å²) in [6.07, 6.45) is 1.80. The van der Waals surface area contributed by atoms with Crippen LogP contribution in [0.5, 0.6) is 0 Å². The summed E-state index contributed by atoms with van der Waals surface area (Å²) in [6.45, 7) is 5.91. The maximum atomic E-state index is 12.0. The van der Waals surface area contributed by atoms with E-state index >= 15 is 0 Å². The van der Waals surface area contributed by atoms with Crippen molar-refractivity contribution in [1.29, 1.82) is 0 Å². The number of para-hydroxylation sites is 1. The third-order valence-electron chi connectivity index (χ3n) is 2.30. The SMILES string of the molecule is CC(C)(C)NC(=O)n1ccc2ccccc21. The number of fused-ring (bicyclic) bond motifs is 1. The van der Waals surface area contributed by atoms with E-state index in [1.165, 1.54) is 0 Å². The second-order valence-electron chi connectivity index (χ2n) is 4.92. The highest BCUT2D eigenvalue weighted by molar-refractivity contribution is 5.91. The molecule has 16 heavy (non-hydrogen) atoms. The van der Waals surface area contributed by atoms with Gasteiger partial charge < -0.3 is 5.32 Å². The third kappa shape index (κ3) is 2.08. The van der Waals surface area contributed by atoms with Gasteiger partial charge in [0.1, 0.15) is 0 Å². The van der Waals surface area contributed by atoms with Gasteiger partial charge in [-0.25, -0.2) is 4.79 Å². The normalized spacial score (nSPS) is 11.7. The molecule has 0 fully saturated rings. The molecule has 0 aliphatic rings. The fraction of sp³-hybridized carbons (Fsp3) is 0.308. The number of aromatic nitrogens is 1. The fourth-order valence-corrected chi connectivity index (χ4v) is 1.64. The summed E-state index contributed by atoms with van der Waals surface area (Å²) < 4.78 is 1.64. The Bertz CT molecular complexity index is 520. The second-order valence-corrected chi connectivity index (χ2v) is 4.92. The van der Waals surface area contributed by atoms with Crippen molar-refractivity contribution in [2.75, 3.05) is 0 Å². The van der Waals surface area contributed by atoms with E-state index in [4.69, 9.17) is 0 Å². The smallest absolute Gasteiger partial charge is 0.326 e. The Hall–Kier alpha value is -1.77. The maximum Gasteiger partial charge on any atom is 0.326 e. The van der Waals surface area contributed by atoms with Crippen molar-refractivity contribution in [3.05, 3.63) is 36.5 Å². The Morgan fingerprint density at radius 2 is 1.88 bits per heavy atom. The molecular weight excluding hydrogens is 200 g/mol. The number of carbonyl (C=O) groups is 1. The van der Waals surface area contributed by atoms with Crippen LogP contribution >= 0.6 is 0 Å². The van der Waals surface area contributed by atoms with E-state index in [1.54, 1.807) is 10.8 Å². The number of hydrogen-bond donors (Lipinski definition) is 1. The predicted molar refractivity (Wildman–Crippen MR) is 65.6 cm³/mol. The molecule has 84 valence electrons. The molecule has 0 atom stereocenters. The first-order valence-electron chi connectivity index (χ1n) is 5.36. The zero-order chi connectivity index (χ0) is 11.8. The van der Waals surface area contributed by atoms with Crippen molar-refractivity contribution in [2.24, 2.45) is 0 Å². The Kier molecular flexibility index (Phi) is 2.46. The molecular formula is C13H16N2O. The highest BCUT2D eigenvalue weighted by Gasteiger charge is 2.15. The monoisotopic (exact) mass is 216 g/mol. The van der Waals surface area contributed by atoms with Crippen LogP contribution in [0.2, 0.25) is 0 Å². The minimum Gasteiger partial charge on any atom is -0.333 e. The largest absolute Gasteiger partial charge is 0.333 e. The molecule has 2 aromatic rings. The van der Waals surface area contributed by atoms with Gasteiger partial charge in [-0.3, -0.25) is 4.57 Å². The topological polar surface area (TPSA) is 34.0 Å². The number of nitrogens with zero attached hydrogens (tertiary/aromatic N) is 1. The van der Waals surface area contributed by atoms with E-state index in [0.29, 0.717) is 0 Å². The standard InChI is InChI=1S/C13H16N2O/c1-13(2,3)14-12(16)15-9-8-10-6-4-5-7-11(10)15/h4-9H,1-3H3,(H,14,16). The molecule has 1 aromatic carbocycles. The molecule has 3 nitrogen and oxygen atoms in total. The Labute approximate surface area is 95.1 Å². The molecule has 0 bridgehead atoms. The molecule has 0 saturated carbocycles. The van der Waals surface area contributed by atoms with E-state index in [9.17, 15) is 4.79 Å². The van der Waals surface area contributed by atoms with Gasteiger partial charge in [-0.05, 0) is 32.9 Å². The highest BCUT2D eigenvalue weighted by atomic mass is 16.2. The fourth-order valence-electron chi connectivity index (χ4n) is 1.64. The molecule has 0 saturated heterocycles. The van der Waals surface area contributed by atoms with Crippen molar-refractivity contribution in [1.82, 2.24) is 9.88 Å². The molecule has 1 aromatic heterocycles. The average Bonchev–Trinajstić information content (AvgIpc) is 2.58. The summed E-state index contributed by atoms with van der Waals surface area (Å²) in [5.41, 5.74) is 0.715. The van der Waals surface area contributed by atoms with Gasteiger partial charge in [0.25, 0.3) is 0 Å². The molecule has 1 amide bonds. The lowest BCUT2D eigenvalue weighted by Crippen LogP contribution is -2.42. The van der Waals surface area contributed by atoms with Crippen LogP contribution in [0, 0.1) is 0 Å². The predicted octanol–water partition coefficient (Wildman–Crippen LogP) is 3.00. The molecule has 0 spiro atoms. The lowest BCUT2D eigenvalue weighted by atomic mass is 10.1. The van der Waals surface area contributed by atoms with Crippen LogP contribution in [0.15, 0.2) is 36.5 Å². The number of nitrogens with one attached hydrogen (secondary N) is 1. The number of hydrogen-bond acceptors (Lipinski definition) is 1. The number of rotatable bonds is 0. The highest BCUT2D eigenvalue weighted by Crippen LogP contribution is 2.15. The van der Waals surface area contributed by atoms with E-state index in [0.717, 1.165) is 10.9 Å². The Morgan fingerprint density at radius 3 is 2.56 bits per heavy atom. The average molecular weight is 216 g/mol. The maximum absolute atomic E-state index is 12.0. The molecule has 0 aliphatic heterocycles. The molecule has 0 aliphatic carbocycles. The zero-order valence-corrected chi connectivity index (χ0v) is 9.82. The second kappa shape index (κ2) is 3.67. The molecule has 1 N–H and O–H groups in total. The number of benzene rings is 1. The van der Waals surface area contributed by atoms with Crippen LogP contribution in [0.25, 0.3) is 10.9 Å². The van der Waals surface area contributed by atoms with Gasteiger partial charge in [0.15, 0.2) is 0 Å². The minimum atomic E-state index is -0.220. The lowest BCUT2D eigenvalue weighted by molar-refractivity contribution is 0.234. The Morgan fingerprint density at radius 1 is 1.19 bits per heavy atom. The van der Waals surface area contributed by atoms with E-state index in [-0.39, 0.29) is 11.6 Å². The molecule has 0 unspecified atom stereocenters. The molecule has 3 heteroatoms. The Balaban J connectivity index is 2.37. The first kappa shape index (κ1) is 10.7. The number of amides is 1. The van der Waals surface area contributed by atoms with Gasteiger partial charge >= 0.3 is 6.03 Å². The van der Waals surface area contributed by atoms with E-state index < -0.39 is 0 Å². The summed E-state index contributed by atoms with van der Waals surface area (Å²) in [6, 6.07) is 9.69. The summed E-state index contributed by atoms with van der Waals surface area (Å²) in [7, 11) is 0. The van der Waals surface area contributed by atoms with Crippen LogP contribution in [0.4, 0.5) is 4.79 Å². The van der Waals surface area contributed by atoms with Gasteiger partial charge in [-0.1, -0.05) is 18.2 Å². The quantitative estimate of drug-likeness (QED) is 0.721. The van der Waals surface area contributed by atoms with Gasteiger partial charge in [0.05, 0.1) is 5.52 Å². The minimum absolute atomic E-state index is 0.0892. The van der Waals surface area contributed by atoms with Gasteiger partial charge in [0.2, 0.25) is 0 Å².